The number of carbonyl (C=O) groups excluding carboxylic acids is 1. The maximum absolute atomic E-state index is 12.1. The second-order valence-electron chi connectivity index (χ2n) is 4.55. The van der Waals surface area contributed by atoms with E-state index in [1.54, 1.807) is 18.2 Å². The lowest BCUT2D eigenvalue weighted by molar-refractivity contribution is 0.0711. The molecule has 0 radical (unpaired) electrons. The zero-order chi connectivity index (χ0) is 13.1. The summed E-state index contributed by atoms with van der Waals surface area (Å²) in [5, 5.41) is 10.4. The number of nitrogens with zero attached hydrogens (tertiary/aromatic N) is 1. The summed E-state index contributed by atoms with van der Waals surface area (Å²) in [6, 6.07) is 4.90. The minimum absolute atomic E-state index is 0.0288. The van der Waals surface area contributed by atoms with Crippen LogP contribution in [-0.2, 0) is 0 Å². The minimum Gasteiger partial charge on any atom is -0.393 e. The molecule has 1 heterocycles. The molecule has 1 aromatic carbocycles. The summed E-state index contributed by atoms with van der Waals surface area (Å²) < 4.78 is 0. The highest BCUT2D eigenvalue weighted by Crippen LogP contribution is 2.21. The third kappa shape index (κ3) is 3.45. The number of piperidine rings is 1. The van der Waals surface area contributed by atoms with E-state index in [4.69, 9.17) is 23.2 Å². The molecule has 0 unspecified atom stereocenters. The zero-order valence-electron chi connectivity index (χ0n) is 9.90. The monoisotopic (exact) mass is 287 g/mol. The lowest BCUT2D eigenvalue weighted by atomic mass is 10.1. The number of ketones is 1. The number of halogens is 2. The second-order valence-corrected chi connectivity index (χ2v) is 5.40. The molecule has 1 aliphatic heterocycles. The van der Waals surface area contributed by atoms with Gasteiger partial charge in [0.15, 0.2) is 5.78 Å². The molecule has 2 rings (SSSR count). The maximum atomic E-state index is 12.1. The van der Waals surface area contributed by atoms with E-state index in [0.29, 0.717) is 22.2 Å². The summed E-state index contributed by atoms with van der Waals surface area (Å²) >= 11 is 11.9. The van der Waals surface area contributed by atoms with Gasteiger partial charge in [-0.25, -0.2) is 0 Å². The van der Waals surface area contributed by atoms with E-state index in [0.717, 1.165) is 25.9 Å². The third-order valence-corrected chi connectivity index (χ3v) is 3.72. The Labute approximate surface area is 116 Å². The molecule has 0 amide bonds. The molecule has 98 valence electrons. The SMILES string of the molecule is O=C(CN1CCC(O)CC1)c1cc(Cl)ccc1Cl. The van der Waals surface area contributed by atoms with Crippen molar-refractivity contribution in [2.24, 2.45) is 0 Å². The van der Waals surface area contributed by atoms with E-state index in [1.807, 2.05) is 4.90 Å². The number of aliphatic hydroxyl groups is 1. The van der Waals surface area contributed by atoms with Crippen LogP contribution in [0.25, 0.3) is 0 Å². The Kier molecular flexibility index (Phi) is 4.62. The number of Topliss-reactive ketones (excluding diaryl/α,β-unsaturated/α-hetero) is 1. The van der Waals surface area contributed by atoms with Crippen molar-refractivity contribution in [1.82, 2.24) is 4.90 Å². The Hall–Kier alpha value is -0.610. The molecule has 5 heteroatoms. The molecule has 3 nitrogen and oxygen atoms in total. The highest BCUT2D eigenvalue weighted by atomic mass is 35.5. The van der Waals surface area contributed by atoms with E-state index >= 15 is 0 Å². The Morgan fingerprint density at radius 1 is 1.33 bits per heavy atom. The lowest BCUT2D eigenvalue weighted by Gasteiger charge is -2.28. The van der Waals surface area contributed by atoms with Crippen LogP contribution in [0.15, 0.2) is 18.2 Å². The van der Waals surface area contributed by atoms with E-state index in [9.17, 15) is 9.90 Å². The first-order chi connectivity index (χ1) is 8.56. The predicted molar refractivity (Wildman–Crippen MR) is 72.5 cm³/mol. The van der Waals surface area contributed by atoms with Crippen LogP contribution in [-0.4, -0.2) is 41.5 Å². The smallest absolute Gasteiger partial charge is 0.178 e. The molecule has 1 N–H and O–H groups in total. The summed E-state index contributed by atoms with van der Waals surface area (Å²) in [4.78, 5) is 14.2. The number of aliphatic hydroxyl groups excluding tert-OH is 1. The molecule has 1 aliphatic rings. The van der Waals surface area contributed by atoms with Gasteiger partial charge in [-0.3, -0.25) is 9.69 Å². The van der Waals surface area contributed by atoms with Gasteiger partial charge in [-0.2, -0.15) is 0 Å². The number of benzene rings is 1. The van der Waals surface area contributed by atoms with Gasteiger partial charge in [-0.15, -0.1) is 0 Å². The van der Waals surface area contributed by atoms with Crippen LogP contribution in [0.1, 0.15) is 23.2 Å². The fourth-order valence-electron chi connectivity index (χ4n) is 2.08. The summed E-state index contributed by atoms with van der Waals surface area (Å²) in [6.45, 7) is 1.81. The van der Waals surface area contributed by atoms with Crippen molar-refractivity contribution >= 4 is 29.0 Å². The van der Waals surface area contributed by atoms with Crippen molar-refractivity contribution < 1.29 is 9.90 Å². The number of hydrogen-bond acceptors (Lipinski definition) is 3. The molecule has 0 aromatic heterocycles. The fourth-order valence-corrected chi connectivity index (χ4v) is 2.47. The molecule has 1 saturated heterocycles. The van der Waals surface area contributed by atoms with Gasteiger partial charge in [-0.1, -0.05) is 23.2 Å². The lowest BCUT2D eigenvalue weighted by Crippen LogP contribution is -2.39. The summed E-state index contributed by atoms with van der Waals surface area (Å²) in [5.41, 5.74) is 0.468. The number of likely N-dealkylation sites (tertiary alicyclic amines) is 1. The van der Waals surface area contributed by atoms with Gasteiger partial charge in [0.05, 0.1) is 17.7 Å². The van der Waals surface area contributed by atoms with Crippen molar-refractivity contribution in [3.05, 3.63) is 33.8 Å². The molecule has 0 atom stereocenters. The van der Waals surface area contributed by atoms with Crippen molar-refractivity contribution in [3.63, 3.8) is 0 Å². The first kappa shape index (κ1) is 13.8. The summed E-state index contributed by atoms with van der Waals surface area (Å²) in [6.07, 6.45) is 1.21. The van der Waals surface area contributed by atoms with Crippen molar-refractivity contribution in [3.8, 4) is 0 Å². The molecule has 1 aromatic rings. The van der Waals surface area contributed by atoms with Gasteiger partial charge in [0.25, 0.3) is 0 Å². The quantitative estimate of drug-likeness (QED) is 0.869. The highest BCUT2D eigenvalue weighted by Gasteiger charge is 2.20. The average molecular weight is 288 g/mol. The molecule has 0 aliphatic carbocycles. The Morgan fingerprint density at radius 2 is 2.00 bits per heavy atom. The van der Waals surface area contributed by atoms with Crippen LogP contribution in [0, 0.1) is 0 Å². The van der Waals surface area contributed by atoms with Gasteiger partial charge in [0.2, 0.25) is 0 Å². The summed E-state index contributed by atoms with van der Waals surface area (Å²) in [7, 11) is 0. The molecule has 1 fully saturated rings. The first-order valence-corrected chi connectivity index (χ1v) is 6.70. The number of hydrogen-bond donors (Lipinski definition) is 1. The zero-order valence-corrected chi connectivity index (χ0v) is 11.4. The molecule has 0 bridgehead atoms. The van der Waals surface area contributed by atoms with Crippen molar-refractivity contribution in [1.29, 1.82) is 0 Å². The van der Waals surface area contributed by atoms with E-state index in [-0.39, 0.29) is 11.9 Å². The molecule has 0 spiro atoms. The summed E-state index contributed by atoms with van der Waals surface area (Å²) in [5.74, 6) is -0.0288. The van der Waals surface area contributed by atoms with E-state index < -0.39 is 0 Å². The van der Waals surface area contributed by atoms with Gasteiger partial charge in [0, 0.05) is 23.7 Å². The standard InChI is InChI=1S/C13H15Cl2NO2/c14-9-1-2-12(15)11(7-9)13(18)8-16-5-3-10(17)4-6-16/h1-2,7,10,17H,3-6,8H2. The van der Waals surface area contributed by atoms with Gasteiger partial charge in [-0.05, 0) is 31.0 Å². The fraction of sp³-hybridized carbons (Fsp3) is 0.462. The van der Waals surface area contributed by atoms with Gasteiger partial charge in [0.1, 0.15) is 0 Å². The van der Waals surface area contributed by atoms with Crippen LogP contribution in [0.2, 0.25) is 10.0 Å². The molecule has 0 saturated carbocycles. The van der Waals surface area contributed by atoms with Crippen LogP contribution in [0.5, 0.6) is 0 Å². The van der Waals surface area contributed by atoms with E-state index in [2.05, 4.69) is 0 Å². The minimum atomic E-state index is -0.230. The Balaban J connectivity index is 2.01. The van der Waals surface area contributed by atoms with E-state index in [1.165, 1.54) is 0 Å². The highest BCUT2D eigenvalue weighted by molar-refractivity contribution is 6.36. The van der Waals surface area contributed by atoms with Crippen LogP contribution in [0.4, 0.5) is 0 Å². The predicted octanol–water partition coefficient (Wildman–Crippen LogP) is 2.63. The molecular weight excluding hydrogens is 273 g/mol. The van der Waals surface area contributed by atoms with Gasteiger partial charge >= 0.3 is 0 Å². The largest absolute Gasteiger partial charge is 0.393 e. The molecular formula is C13H15Cl2NO2. The third-order valence-electron chi connectivity index (χ3n) is 3.15. The average Bonchev–Trinajstić information content (AvgIpc) is 2.35. The topological polar surface area (TPSA) is 40.5 Å². The maximum Gasteiger partial charge on any atom is 0.178 e. The van der Waals surface area contributed by atoms with Crippen LogP contribution in [0.3, 0.4) is 0 Å². The second kappa shape index (κ2) is 6.02. The molecule has 18 heavy (non-hydrogen) atoms. The van der Waals surface area contributed by atoms with Crippen LogP contribution < -0.4 is 0 Å². The normalized spacial score (nSPS) is 17.9. The van der Waals surface area contributed by atoms with Gasteiger partial charge < -0.3 is 5.11 Å². The van der Waals surface area contributed by atoms with Crippen LogP contribution >= 0.6 is 23.2 Å². The van der Waals surface area contributed by atoms with Crippen molar-refractivity contribution in [2.75, 3.05) is 19.6 Å². The van der Waals surface area contributed by atoms with Crippen molar-refractivity contribution in [2.45, 2.75) is 18.9 Å². The number of rotatable bonds is 3. The number of carbonyl (C=O) groups is 1. The first-order valence-electron chi connectivity index (χ1n) is 5.95. The Bertz CT molecular complexity index is 443. The Morgan fingerprint density at radius 3 is 2.67 bits per heavy atom.